The smallest absolute Gasteiger partial charge is 0.260 e. The zero-order valence-electron chi connectivity index (χ0n) is 15.8. The molecule has 7 nitrogen and oxygen atoms in total. The van der Waals surface area contributed by atoms with Crippen molar-refractivity contribution in [2.75, 3.05) is 23.7 Å². The van der Waals surface area contributed by atoms with Crippen molar-refractivity contribution in [2.24, 2.45) is 5.10 Å². The van der Waals surface area contributed by atoms with E-state index in [0.717, 1.165) is 21.7 Å². The molecule has 0 saturated carbocycles. The van der Waals surface area contributed by atoms with Crippen LogP contribution in [0.25, 0.3) is 0 Å². The number of sulfonamides is 1. The highest BCUT2D eigenvalue weighted by Crippen LogP contribution is 2.17. The average molecular weight is 401 g/mol. The minimum absolute atomic E-state index is 0.373. The number of aryl methyl sites for hydroxylation is 1. The van der Waals surface area contributed by atoms with Crippen LogP contribution < -0.4 is 14.5 Å². The fourth-order valence-electron chi connectivity index (χ4n) is 2.30. The molecule has 0 aromatic heterocycles. The van der Waals surface area contributed by atoms with Crippen molar-refractivity contribution in [3.05, 3.63) is 72.3 Å². The van der Waals surface area contributed by atoms with E-state index in [0.29, 0.717) is 18.0 Å². The lowest BCUT2D eigenvalue weighted by atomic mass is 10.2. The van der Waals surface area contributed by atoms with Crippen molar-refractivity contribution in [2.45, 2.75) is 6.92 Å². The van der Waals surface area contributed by atoms with Crippen LogP contribution in [-0.4, -0.2) is 39.9 Å². The van der Waals surface area contributed by atoms with Gasteiger partial charge in [-0.1, -0.05) is 42.5 Å². The number of anilines is 1. The van der Waals surface area contributed by atoms with Crippen LogP contribution in [0.4, 0.5) is 5.69 Å². The van der Waals surface area contributed by atoms with Crippen molar-refractivity contribution in [1.29, 1.82) is 0 Å². The first-order valence-corrected chi connectivity index (χ1v) is 10.3. The molecule has 1 amide bonds. The molecule has 2 aromatic carbocycles. The standard InChI is InChI=1S/C20H23N3O4S/c1-4-12-27-19-7-5-6-17(13-19)14-21-22-20(24)15-23(28(3,25)26)18-10-8-16(2)9-11-18/h4-11,13-14H,1,12,15H2,2-3H3,(H,22,24)/b21-14-. The molecule has 0 unspecified atom stereocenters. The van der Waals surface area contributed by atoms with Crippen LogP contribution in [0.15, 0.2) is 66.3 Å². The summed E-state index contributed by atoms with van der Waals surface area (Å²) in [7, 11) is -3.62. The van der Waals surface area contributed by atoms with E-state index in [-0.39, 0.29) is 6.54 Å². The lowest BCUT2D eigenvalue weighted by molar-refractivity contribution is -0.119. The summed E-state index contributed by atoms with van der Waals surface area (Å²) in [6.45, 7) is 5.50. The predicted molar refractivity (Wildman–Crippen MR) is 111 cm³/mol. The van der Waals surface area contributed by atoms with Gasteiger partial charge < -0.3 is 4.74 Å². The molecule has 2 aromatic rings. The molecular weight excluding hydrogens is 378 g/mol. The van der Waals surface area contributed by atoms with Crippen LogP contribution in [0, 0.1) is 6.92 Å². The average Bonchev–Trinajstić information content (AvgIpc) is 2.65. The number of benzene rings is 2. The maximum Gasteiger partial charge on any atom is 0.260 e. The largest absolute Gasteiger partial charge is 0.490 e. The van der Waals surface area contributed by atoms with E-state index in [1.54, 1.807) is 54.6 Å². The molecule has 0 aliphatic heterocycles. The molecular formula is C20H23N3O4S. The number of carbonyl (C=O) groups excluding carboxylic acids is 1. The van der Waals surface area contributed by atoms with Crippen molar-refractivity contribution < 1.29 is 17.9 Å². The zero-order chi connectivity index (χ0) is 20.6. The molecule has 0 atom stereocenters. The van der Waals surface area contributed by atoms with Gasteiger partial charge in [-0.05, 0) is 36.8 Å². The first-order valence-electron chi connectivity index (χ1n) is 8.49. The van der Waals surface area contributed by atoms with E-state index in [9.17, 15) is 13.2 Å². The number of nitrogens with one attached hydrogen (secondary N) is 1. The topological polar surface area (TPSA) is 88.1 Å². The molecule has 0 aliphatic carbocycles. The van der Waals surface area contributed by atoms with Crippen molar-refractivity contribution in [3.63, 3.8) is 0 Å². The van der Waals surface area contributed by atoms with Crippen molar-refractivity contribution >= 4 is 27.8 Å². The number of hydrogen-bond acceptors (Lipinski definition) is 5. The van der Waals surface area contributed by atoms with Gasteiger partial charge in [-0.15, -0.1) is 0 Å². The molecule has 0 spiro atoms. The molecule has 28 heavy (non-hydrogen) atoms. The number of ether oxygens (including phenoxy) is 1. The van der Waals surface area contributed by atoms with Crippen molar-refractivity contribution in [3.8, 4) is 5.75 Å². The Labute approximate surface area is 165 Å². The van der Waals surface area contributed by atoms with Gasteiger partial charge in [0.05, 0.1) is 18.2 Å². The molecule has 148 valence electrons. The monoisotopic (exact) mass is 401 g/mol. The maximum absolute atomic E-state index is 12.2. The molecule has 0 fully saturated rings. The van der Waals surface area contributed by atoms with Gasteiger partial charge in [-0.3, -0.25) is 9.10 Å². The van der Waals surface area contributed by atoms with Crippen LogP contribution in [0.1, 0.15) is 11.1 Å². The number of carbonyl (C=O) groups is 1. The summed E-state index contributed by atoms with van der Waals surface area (Å²) in [5.74, 6) is 0.0964. The molecule has 1 N–H and O–H groups in total. The summed E-state index contributed by atoms with van der Waals surface area (Å²) in [4.78, 5) is 12.2. The highest BCUT2D eigenvalue weighted by atomic mass is 32.2. The highest BCUT2D eigenvalue weighted by Gasteiger charge is 2.20. The minimum Gasteiger partial charge on any atom is -0.490 e. The third-order valence-electron chi connectivity index (χ3n) is 3.64. The van der Waals surface area contributed by atoms with Crippen molar-refractivity contribution in [1.82, 2.24) is 5.43 Å². The molecule has 8 heteroatoms. The van der Waals surface area contributed by atoms with Gasteiger partial charge in [0.1, 0.15) is 18.9 Å². The minimum atomic E-state index is -3.62. The van der Waals surface area contributed by atoms with Gasteiger partial charge in [-0.2, -0.15) is 5.10 Å². The molecule has 2 rings (SSSR count). The number of hydrazone groups is 1. The second-order valence-electron chi connectivity index (χ2n) is 6.07. The van der Waals surface area contributed by atoms with Crippen LogP contribution >= 0.6 is 0 Å². The first kappa shape index (κ1) is 21.2. The van der Waals surface area contributed by atoms with Gasteiger partial charge in [0.2, 0.25) is 10.0 Å². The van der Waals surface area contributed by atoms with E-state index >= 15 is 0 Å². The summed E-state index contributed by atoms with van der Waals surface area (Å²) in [5.41, 5.74) is 4.47. The van der Waals surface area contributed by atoms with E-state index < -0.39 is 15.9 Å². The van der Waals surface area contributed by atoms with E-state index in [1.807, 2.05) is 6.92 Å². The fraction of sp³-hybridized carbons (Fsp3) is 0.200. The number of hydrogen-bond donors (Lipinski definition) is 1. The maximum atomic E-state index is 12.2. The van der Waals surface area contributed by atoms with Gasteiger partial charge in [0.25, 0.3) is 5.91 Å². The van der Waals surface area contributed by atoms with Gasteiger partial charge in [0.15, 0.2) is 0 Å². The summed E-state index contributed by atoms with van der Waals surface area (Å²) in [6.07, 6.45) is 4.15. The number of rotatable bonds is 9. The Morgan fingerprint density at radius 3 is 2.61 bits per heavy atom. The number of nitrogens with zero attached hydrogens (tertiary/aromatic N) is 2. The summed E-state index contributed by atoms with van der Waals surface area (Å²) in [5, 5.41) is 3.88. The lowest BCUT2D eigenvalue weighted by Gasteiger charge is -2.21. The normalized spacial score (nSPS) is 11.2. The molecule has 0 saturated heterocycles. The van der Waals surface area contributed by atoms with Gasteiger partial charge in [-0.25, -0.2) is 13.8 Å². The van der Waals surface area contributed by atoms with Crippen LogP contribution in [0.5, 0.6) is 5.75 Å². The third kappa shape index (κ3) is 6.55. The van der Waals surface area contributed by atoms with E-state index in [1.165, 1.54) is 6.21 Å². The summed E-state index contributed by atoms with van der Waals surface area (Å²) in [6, 6.07) is 14.0. The Morgan fingerprint density at radius 1 is 1.25 bits per heavy atom. The van der Waals surface area contributed by atoms with Gasteiger partial charge >= 0.3 is 0 Å². The SMILES string of the molecule is C=CCOc1cccc(/C=N\NC(=O)CN(c2ccc(C)cc2)S(C)(=O)=O)c1. The predicted octanol–water partition coefficient (Wildman–Crippen LogP) is 2.48. The Balaban J connectivity index is 2.02. The number of amides is 1. The van der Waals surface area contributed by atoms with E-state index in [2.05, 4.69) is 17.1 Å². The Kier molecular flexibility index (Phi) is 7.34. The first-order chi connectivity index (χ1) is 13.3. The lowest BCUT2D eigenvalue weighted by Crippen LogP contribution is -2.39. The third-order valence-corrected chi connectivity index (χ3v) is 4.78. The van der Waals surface area contributed by atoms with Gasteiger partial charge in [0, 0.05) is 0 Å². The Bertz CT molecular complexity index is 954. The van der Waals surface area contributed by atoms with Crippen LogP contribution in [0.2, 0.25) is 0 Å². The second-order valence-corrected chi connectivity index (χ2v) is 7.98. The van der Waals surface area contributed by atoms with Crippen LogP contribution in [0.3, 0.4) is 0 Å². The Hall–Kier alpha value is -3.13. The summed E-state index contributed by atoms with van der Waals surface area (Å²) < 4.78 is 30.6. The molecule has 0 aliphatic rings. The second kappa shape index (κ2) is 9.70. The fourth-order valence-corrected chi connectivity index (χ4v) is 3.15. The Morgan fingerprint density at radius 2 is 1.96 bits per heavy atom. The molecule has 0 heterocycles. The van der Waals surface area contributed by atoms with E-state index in [4.69, 9.17) is 4.74 Å². The highest BCUT2D eigenvalue weighted by molar-refractivity contribution is 7.92. The molecule has 0 bridgehead atoms. The molecule has 0 radical (unpaired) electrons. The summed E-state index contributed by atoms with van der Waals surface area (Å²) >= 11 is 0. The van der Waals surface area contributed by atoms with Crippen LogP contribution in [-0.2, 0) is 14.8 Å². The quantitative estimate of drug-likeness (QED) is 0.397. The zero-order valence-corrected chi connectivity index (χ0v) is 16.6.